The van der Waals surface area contributed by atoms with Crippen molar-refractivity contribution >= 4 is 0 Å². The summed E-state index contributed by atoms with van der Waals surface area (Å²) in [5.41, 5.74) is 0. The molecule has 66 valence electrons. The minimum atomic E-state index is 0. The second-order valence-electron chi connectivity index (χ2n) is 2.94. The first kappa shape index (κ1) is 10.5. The molecule has 1 aliphatic carbocycles. The normalized spacial score (nSPS) is 21.8. The molecule has 0 aromatic heterocycles. The van der Waals surface area contributed by atoms with Gasteiger partial charge in [0.25, 0.3) is 0 Å². The summed E-state index contributed by atoms with van der Waals surface area (Å²) >= 11 is 0. The maximum atomic E-state index is 3.36. The zero-order valence-electron chi connectivity index (χ0n) is 7.84. The maximum Gasteiger partial charge on any atom is 0 e. The highest BCUT2D eigenvalue weighted by Gasteiger charge is 2.03. The first-order valence-electron chi connectivity index (χ1n) is 4.58. The molecule has 1 atom stereocenters. The molecule has 0 N–H and O–H groups in total. The molecule has 0 bridgehead atoms. The Morgan fingerprint density at radius 3 is 2.64 bits per heavy atom. The summed E-state index contributed by atoms with van der Waals surface area (Å²) in [5.74, 6) is 0.906. The topological polar surface area (TPSA) is 0 Å². The number of hydrogen-bond donors (Lipinski definition) is 0. The average Bonchev–Trinajstić information content (AvgIpc) is 2.08. The van der Waals surface area contributed by atoms with Crippen LogP contribution in [0.4, 0.5) is 0 Å². The fraction of sp³-hybridized carbons (Fsp3) is 0.636. The minimum absolute atomic E-state index is 0. The van der Waals surface area contributed by atoms with Crippen molar-refractivity contribution in [2.75, 3.05) is 0 Å². The monoisotopic (exact) mass is 154 g/mol. The van der Waals surface area contributed by atoms with Gasteiger partial charge in [-0.25, -0.2) is 0 Å². The Morgan fingerprint density at radius 1 is 1.73 bits per heavy atom. The lowest BCUT2D eigenvalue weighted by Crippen LogP contribution is -1.97. The molecule has 0 radical (unpaired) electrons. The summed E-state index contributed by atoms with van der Waals surface area (Å²) in [6.45, 7) is 7.51. The van der Waals surface area contributed by atoms with Gasteiger partial charge in [0.2, 0.25) is 0 Å². The fourth-order valence-corrected chi connectivity index (χ4v) is 1.22. The highest BCUT2D eigenvalue weighted by Crippen LogP contribution is 2.18. The van der Waals surface area contributed by atoms with Crippen LogP contribution in [0.2, 0.25) is 0 Å². The van der Waals surface area contributed by atoms with Crippen molar-refractivity contribution in [2.24, 2.45) is 5.92 Å². The van der Waals surface area contributed by atoms with E-state index in [1.165, 1.54) is 25.7 Å². The Hall–Kier alpha value is -0.520. The summed E-state index contributed by atoms with van der Waals surface area (Å²) < 4.78 is 0. The molecule has 0 amide bonds. The van der Waals surface area contributed by atoms with Crippen LogP contribution in [0.5, 0.6) is 0 Å². The van der Waals surface area contributed by atoms with E-state index in [-0.39, 0.29) is 1.43 Å². The zero-order valence-corrected chi connectivity index (χ0v) is 7.84. The van der Waals surface area contributed by atoms with Gasteiger partial charge in [0, 0.05) is 1.43 Å². The second kappa shape index (κ2) is 7.59. The van der Waals surface area contributed by atoms with Crippen LogP contribution in [0.1, 0.15) is 41.0 Å². The van der Waals surface area contributed by atoms with Gasteiger partial charge in [-0.2, -0.15) is 0 Å². The highest BCUT2D eigenvalue weighted by molar-refractivity contribution is 4.91. The van der Waals surface area contributed by atoms with E-state index in [1.54, 1.807) is 6.08 Å². The lowest BCUT2D eigenvalue weighted by molar-refractivity contribution is 0.527. The van der Waals surface area contributed by atoms with Crippen molar-refractivity contribution in [2.45, 2.75) is 39.5 Å². The minimum Gasteiger partial charge on any atom is -0.103 e. The van der Waals surface area contributed by atoms with Crippen molar-refractivity contribution in [3.63, 3.8) is 0 Å². The van der Waals surface area contributed by atoms with Gasteiger partial charge in [-0.3, -0.25) is 0 Å². The van der Waals surface area contributed by atoms with Gasteiger partial charge < -0.3 is 0 Å². The van der Waals surface area contributed by atoms with E-state index in [9.17, 15) is 0 Å². The van der Waals surface area contributed by atoms with Crippen LogP contribution in [0.3, 0.4) is 0 Å². The third-order valence-electron chi connectivity index (χ3n) is 1.88. The van der Waals surface area contributed by atoms with Crippen molar-refractivity contribution in [1.82, 2.24) is 0 Å². The largest absolute Gasteiger partial charge is 0.103 e. The fourth-order valence-electron chi connectivity index (χ4n) is 1.22. The quantitative estimate of drug-likeness (QED) is 0.497. The van der Waals surface area contributed by atoms with Gasteiger partial charge in [-0.1, -0.05) is 25.2 Å². The van der Waals surface area contributed by atoms with Crippen LogP contribution >= 0.6 is 0 Å². The molecule has 0 aromatic rings. The van der Waals surface area contributed by atoms with Crippen LogP contribution in [0.25, 0.3) is 0 Å². The van der Waals surface area contributed by atoms with E-state index in [2.05, 4.69) is 25.7 Å². The molecule has 0 nitrogen and oxygen atoms in total. The molecular weight excluding hydrogens is 132 g/mol. The van der Waals surface area contributed by atoms with E-state index < -0.39 is 0 Å². The Kier molecular flexibility index (Phi) is 7.23. The standard InChI is InChI=1S/C8H14.C3H6.H2/c1-2-8-6-4-3-5-7-8;1-3-2;/h4,6,8H,2-3,5,7H2,1H3;3H,1H2,2H3;1H. The van der Waals surface area contributed by atoms with Crippen molar-refractivity contribution < 1.29 is 1.43 Å². The first-order chi connectivity index (χ1) is 5.35. The van der Waals surface area contributed by atoms with E-state index in [1.807, 2.05) is 6.92 Å². The second-order valence-corrected chi connectivity index (χ2v) is 2.94. The summed E-state index contributed by atoms with van der Waals surface area (Å²) in [6, 6.07) is 0. The van der Waals surface area contributed by atoms with Crippen LogP contribution in [-0.2, 0) is 0 Å². The molecule has 1 unspecified atom stereocenters. The Bertz CT molecular complexity index is 116. The molecular formula is C11H22. The van der Waals surface area contributed by atoms with Crippen LogP contribution < -0.4 is 0 Å². The molecule has 0 saturated heterocycles. The molecule has 11 heavy (non-hydrogen) atoms. The maximum absolute atomic E-state index is 3.36. The summed E-state index contributed by atoms with van der Waals surface area (Å²) in [4.78, 5) is 0. The molecule has 0 heterocycles. The molecule has 1 aliphatic rings. The van der Waals surface area contributed by atoms with Gasteiger partial charge in [0.1, 0.15) is 0 Å². The Labute approximate surface area is 72.5 Å². The number of allylic oxidation sites excluding steroid dienone is 3. The molecule has 0 aliphatic heterocycles. The summed E-state index contributed by atoms with van der Waals surface area (Å²) in [7, 11) is 0. The molecule has 1 rings (SSSR count). The van der Waals surface area contributed by atoms with Crippen molar-refractivity contribution in [3.05, 3.63) is 24.8 Å². The molecule has 0 aromatic carbocycles. The van der Waals surface area contributed by atoms with Crippen LogP contribution in [0.15, 0.2) is 24.8 Å². The van der Waals surface area contributed by atoms with E-state index in [4.69, 9.17) is 0 Å². The van der Waals surface area contributed by atoms with Crippen LogP contribution in [-0.4, -0.2) is 0 Å². The average molecular weight is 154 g/mol. The SMILES string of the molecule is C=CC.CCC1C=CCCC1.[HH]. The zero-order chi connectivity index (χ0) is 8.53. The molecule has 0 spiro atoms. The predicted molar refractivity (Wildman–Crippen MR) is 54.8 cm³/mol. The Balaban J connectivity index is 0. The Morgan fingerprint density at radius 2 is 2.36 bits per heavy atom. The summed E-state index contributed by atoms with van der Waals surface area (Å²) in [5, 5.41) is 0. The third-order valence-corrected chi connectivity index (χ3v) is 1.88. The van der Waals surface area contributed by atoms with E-state index >= 15 is 0 Å². The van der Waals surface area contributed by atoms with Crippen LogP contribution in [0, 0.1) is 5.92 Å². The number of hydrogen-bond acceptors (Lipinski definition) is 0. The lowest BCUT2D eigenvalue weighted by Gasteiger charge is -2.12. The van der Waals surface area contributed by atoms with Gasteiger partial charge in [0.05, 0.1) is 0 Å². The first-order valence-corrected chi connectivity index (χ1v) is 4.58. The molecule has 0 fully saturated rings. The van der Waals surface area contributed by atoms with Gasteiger partial charge in [-0.15, -0.1) is 6.58 Å². The smallest absolute Gasteiger partial charge is 0 e. The van der Waals surface area contributed by atoms with Crippen molar-refractivity contribution in [1.29, 1.82) is 0 Å². The van der Waals surface area contributed by atoms with Gasteiger partial charge >= 0.3 is 0 Å². The lowest BCUT2D eigenvalue weighted by atomic mass is 9.94. The molecule has 0 saturated carbocycles. The van der Waals surface area contributed by atoms with Gasteiger partial charge in [0.15, 0.2) is 0 Å². The van der Waals surface area contributed by atoms with E-state index in [0.29, 0.717) is 0 Å². The number of rotatable bonds is 1. The predicted octanol–water partition coefficient (Wildman–Crippen LogP) is 4.19. The molecule has 0 heteroatoms. The van der Waals surface area contributed by atoms with Crippen molar-refractivity contribution in [3.8, 4) is 0 Å². The van der Waals surface area contributed by atoms with E-state index in [0.717, 1.165) is 5.92 Å². The highest BCUT2D eigenvalue weighted by atomic mass is 14.1. The van der Waals surface area contributed by atoms with Gasteiger partial charge in [-0.05, 0) is 38.5 Å². The third kappa shape index (κ3) is 5.90. The summed E-state index contributed by atoms with van der Waals surface area (Å²) in [6.07, 6.45) is 11.9.